The van der Waals surface area contributed by atoms with Gasteiger partial charge in [0, 0.05) is 51.0 Å². The number of anilines is 2. The van der Waals surface area contributed by atoms with Gasteiger partial charge in [-0.05, 0) is 26.1 Å². The van der Waals surface area contributed by atoms with Gasteiger partial charge in [-0.2, -0.15) is 0 Å². The molecule has 20 heavy (non-hydrogen) atoms. The first kappa shape index (κ1) is 14.9. The molecule has 5 heteroatoms. The van der Waals surface area contributed by atoms with Gasteiger partial charge in [-0.25, -0.2) is 0 Å². The van der Waals surface area contributed by atoms with Crippen LogP contribution in [0.1, 0.15) is 6.92 Å². The van der Waals surface area contributed by atoms with E-state index in [2.05, 4.69) is 22.2 Å². The highest BCUT2D eigenvalue weighted by Gasteiger charge is 2.12. The van der Waals surface area contributed by atoms with Crippen LogP contribution in [0.5, 0.6) is 5.75 Å². The Morgan fingerprint density at radius 1 is 1.25 bits per heavy atom. The van der Waals surface area contributed by atoms with Crippen LogP contribution in [0.25, 0.3) is 0 Å². The van der Waals surface area contributed by atoms with Crippen molar-refractivity contribution in [3.63, 3.8) is 0 Å². The van der Waals surface area contributed by atoms with Gasteiger partial charge in [-0.15, -0.1) is 0 Å². The number of hydrogen-bond donors (Lipinski definition) is 2. The van der Waals surface area contributed by atoms with E-state index in [-0.39, 0.29) is 0 Å². The number of piperazine rings is 1. The molecule has 1 heterocycles. The molecule has 0 saturated carbocycles. The molecule has 1 aliphatic heterocycles. The fourth-order valence-corrected chi connectivity index (χ4v) is 2.35. The minimum absolute atomic E-state index is 0.634. The van der Waals surface area contributed by atoms with Crippen LogP contribution in [-0.2, 0) is 0 Å². The average Bonchev–Trinajstić information content (AvgIpc) is 2.45. The summed E-state index contributed by atoms with van der Waals surface area (Å²) in [6, 6.07) is 5.87. The van der Waals surface area contributed by atoms with Crippen molar-refractivity contribution in [2.24, 2.45) is 0 Å². The van der Waals surface area contributed by atoms with Gasteiger partial charge >= 0.3 is 0 Å². The van der Waals surface area contributed by atoms with E-state index in [0.717, 1.165) is 50.7 Å². The topological polar surface area (TPSA) is 53.8 Å². The molecule has 1 saturated heterocycles. The minimum atomic E-state index is 0.634. The predicted molar refractivity (Wildman–Crippen MR) is 84.5 cm³/mol. The van der Waals surface area contributed by atoms with Crippen molar-refractivity contribution in [1.29, 1.82) is 0 Å². The second-order valence-electron chi connectivity index (χ2n) is 5.26. The number of nitrogens with zero attached hydrogens (tertiary/aromatic N) is 2. The molecule has 0 bridgehead atoms. The van der Waals surface area contributed by atoms with Crippen LogP contribution in [0.4, 0.5) is 11.4 Å². The number of nitrogen functional groups attached to an aromatic ring is 1. The van der Waals surface area contributed by atoms with Gasteiger partial charge in [-0.3, -0.25) is 4.90 Å². The normalized spacial score (nSPS) is 17.1. The van der Waals surface area contributed by atoms with Crippen LogP contribution in [0.2, 0.25) is 0 Å². The SMILES string of the molecule is CCOc1cc(NCCN2CCN(C)CC2)ccc1N. The van der Waals surface area contributed by atoms with Crippen molar-refractivity contribution < 1.29 is 4.74 Å². The molecule has 1 aromatic carbocycles. The second-order valence-corrected chi connectivity index (χ2v) is 5.26. The summed E-state index contributed by atoms with van der Waals surface area (Å²) >= 11 is 0. The third-order valence-electron chi connectivity index (χ3n) is 3.67. The second kappa shape index (κ2) is 7.36. The summed E-state index contributed by atoms with van der Waals surface area (Å²) in [5.74, 6) is 0.761. The zero-order valence-electron chi connectivity index (χ0n) is 12.6. The monoisotopic (exact) mass is 278 g/mol. The lowest BCUT2D eigenvalue weighted by Crippen LogP contribution is -2.45. The molecule has 0 atom stereocenters. The maximum Gasteiger partial charge on any atom is 0.144 e. The summed E-state index contributed by atoms with van der Waals surface area (Å²) in [6.07, 6.45) is 0. The maximum atomic E-state index is 5.87. The molecular weight excluding hydrogens is 252 g/mol. The first-order chi connectivity index (χ1) is 9.69. The number of benzene rings is 1. The molecule has 5 nitrogen and oxygen atoms in total. The van der Waals surface area contributed by atoms with E-state index in [1.54, 1.807) is 0 Å². The quantitative estimate of drug-likeness (QED) is 0.769. The zero-order chi connectivity index (χ0) is 14.4. The molecule has 112 valence electrons. The smallest absolute Gasteiger partial charge is 0.144 e. The van der Waals surface area contributed by atoms with Crippen molar-refractivity contribution in [3.05, 3.63) is 18.2 Å². The molecule has 0 spiro atoms. The Bertz CT molecular complexity index is 416. The molecule has 3 N–H and O–H groups in total. The number of ether oxygens (including phenoxy) is 1. The third-order valence-corrected chi connectivity index (χ3v) is 3.67. The maximum absolute atomic E-state index is 5.87. The predicted octanol–water partition coefficient (Wildman–Crippen LogP) is 1.33. The number of nitrogens with two attached hydrogens (primary N) is 1. The van der Waals surface area contributed by atoms with Gasteiger partial charge in [0.05, 0.1) is 12.3 Å². The summed E-state index contributed by atoms with van der Waals surface area (Å²) in [5, 5.41) is 3.44. The van der Waals surface area contributed by atoms with Crippen molar-refractivity contribution >= 4 is 11.4 Å². The van der Waals surface area contributed by atoms with Crippen molar-refractivity contribution in [1.82, 2.24) is 9.80 Å². The van der Waals surface area contributed by atoms with E-state index < -0.39 is 0 Å². The lowest BCUT2D eigenvalue weighted by Gasteiger charge is -2.32. The molecule has 1 aliphatic rings. The van der Waals surface area contributed by atoms with Crippen molar-refractivity contribution in [3.8, 4) is 5.75 Å². The standard InChI is InChI=1S/C15H26N4O/c1-3-20-15-12-13(4-5-14(15)16)17-6-7-19-10-8-18(2)9-11-19/h4-5,12,17H,3,6-11,16H2,1-2H3. The lowest BCUT2D eigenvalue weighted by atomic mass is 10.2. The fourth-order valence-electron chi connectivity index (χ4n) is 2.35. The van der Waals surface area contributed by atoms with Crippen LogP contribution in [-0.4, -0.2) is 62.7 Å². The van der Waals surface area contributed by atoms with Gasteiger partial charge in [-0.1, -0.05) is 0 Å². The Morgan fingerprint density at radius 3 is 2.70 bits per heavy atom. The number of rotatable bonds is 6. The summed E-state index contributed by atoms with van der Waals surface area (Å²) in [5.41, 5.74) is 7.63. The molecule has 1 fully saturated rings. The Morgan fingerprint density at radius 2 is 2.00 bits per heavy atom. The fraction of sp³-hybridized carbons (Fsp3) is 0.600. The molecule has 0 unspecified atom stereocenters. The number of likely N-dealkylation sites (N-methyl/N-ethyl adjacent to an activating group) is 1. The molecule has 0 radical (unpaired) electrons. The Labute approximate surface area is 121 Å². The minimum Gasteiger partial charge on any atom is -0.492 e. The molecule has 2 rings (SSSR count). The summed E-state index contributed by atoms with van der Waals surface area (Å²) in [6.45, 7) is 9.25. The van der Waals surface area contributed by atoms with Crippen molar-refractivity contribution in [2.45, 2.75) is 6.92 Å². The van der Waals surface area contributed by atoms with Gasteiger partial charge in [0.25, 0.3) is 0 Å². The summed E-state index contributed by atoms with van der Waals surface area (Å²) < 4.78 is 5.50. The molecule has 0 aromatic heterocycles. The number of hydrogen-bond acceptors (Lipinski definition) is 5. The highest BCUT2D eigenvalue weighted by atomic mass is 16.5. The molecular formula is C15H26N4O. The molecule has 0 amide bonds. The van der Waals surface area contributed by atoms with Crippen LogP contribution in [0.15, 0.2) is 18.2 Å². The molecule has 0 aliphatic carbocycles. The van der Waals surface area contributed by atoms with E-state index in [9.17, 15) is 0 Å². The largest absolute Gasteiger partial charge is 0.492 e. The van der Waals surface area contributed by atoms with Crippen molar-refractivity contribution in [2.75, 3.05) is 64.0 Å². The van der Waals surface area contributed by atoms with Gasteiger partial charge in [0.15, 0.2) is 0 Å². The van der Waals surface area contributed by atoms with Gasteiger partial charge < -0.3 is 20.7 Å². The van der Waals surface area contributed by atoms with E-state index in [1.165, 1.54) is 0 Å². The third kappa shape index (κ3) is 4.28. The Balaban J connectivity index is 1.77. The van der Waals surface area contributed by atoms with E-state index in [1.807, 2.05) is 25.1 Å². The Hall–Kier alpha value is -1.46. The van der Waals surface area contributed by atoms with Gasteiger partial charge in [0.1, 0.15) is 5.75 Å². The highest BCUT2D eigenvalue weighted by Crippen LogP contribution is 2.25. The molecule has 1 aromatic rings. The van der Waals surface area contributed by atoms with Crippen LogP contribution < -0.4 is 15.8 Å². The first-order valence-electron chi connectivity index (χ1n) is 7.36. The van der Waals surface area contributed by atoms with Crippen LogP contribution in [0, 0.1) is 0 Å². The van der Waals surface area contributed by atoms with E-state index >= 15 is 0 Å². The van der Waals surface area contributed by atoms with E-state index in [0.29, 0.717) is 12.3 Å². The van der Waals surface area contributed by atoms with Gasteiger partial charge in [0.2, 0.25) is 0 Å². The average molecular weight is 278 g/mol. The Kier molecular flexibility index (Phi) is 5.49. The van der Waals surface area contributed by atoms with Crippen LogP contribution in [0.3, 0.4) is 0 Å². The lowest BCUT2D eigenvalue weighted by molar-refractivity contribution is 0.158. The summed E-state index contributed by atoms with van der Waals surface area (Å²) in [4.78, 5) is 4.87. The van der Waals surface area contributed by atoms with Crippen LogP contribution >= 0.6 is 0 Å². The zero-order valence-corrected chi connectivity index (χ0v) is 12.6. The first-order valence-corrected chi connectivity index (χ1v) is 7.36. The number of nitrogens with one attached hydrogen (secondary N) is 1. The van der Waals surface area contributed by atoms with E-state index in [4.69, 9.17) is 10.5 Å². The highest BCUT2D eigenvalue weighted by molar-refractivity contribution is 5.61. The summed E-state index contributed by atoms with van der Waals surface area (Å²) in [7, 11) is 2.18.